The lowest BCUT2D eigenvalue weighted by atomic mass is 9.62. The van der Waals surface area contributed by atoms with E-state index in [1.165, 1.54) is 7.11 Å². The number of benzene rings is 1. The van der Waals surface area contributed by atoms with E-state index in [9.17, 15) is 9.90 Å². The molecule has 7 nitrogen and oxygen atoms in total. The van der Waals surface area contributed by atoms with Gasteiger partial charge in [0.15, 0.2) is 0 Å². The van der Waals surface area contributed by atoms with E-state index in [1.807, 2.05) is 30.3 Å². The highest BCUT2D eigenvalue weighted by Crippen LogP contribution is 2.43. The van der Waals surface area contributed by atoms with Gasteiger partial charge in [-0.3, -0.25) is 5.32 Å². The van der Waals surface area contributed by atoms with Crippen LogP contribution in [0.15, 0.2) is 36.4 Å². The number of carbonyl (C=O) groups is 1. The predicted molar refractivity (Wildman–Crippen MR) is 90.1 cm³/mol. The molecule has 1 aliphatic rings. The van der Waals surface area contributed by atoms with Gasteiger partial charge in [0.05, 0.1) is 13.7 Å². The summed E-state index contributed by atoms with van der Waals surface area (Å²) >= 11 is 0. The molecule has 1 aromatic carbocycles. The molecule has 0 aliphatic heterocycles. The Kier molecular flexibility index (Phi) is 4.44. The number of methoxy groups -OCH3 is 1. The quantitative estimate of drug-likeness (QED) is 0.778. The maximum absolute atomic E-state index is 12.1. The number of amides is 2. The van der Waals surface area contributed by atoms with Crippen molar-refractivity contribution >= 4 is 11.8 Å². The third kappa shape index (κ3) is 3.07. The van der Waals surface area contributed by atoms with Crippen LogP contribution in [0, 0.1) is 0 Å². The van der Waals surface area contributed by atoms with E-state index in [4.69, 9.17) is 4.74 Å². The third-order valence-electron chi connectivity index (χ3n) is 4.61. The first kappa shape index (κ1) is 16.3. The first-order valence-corrected chi connectivity index (χ1v) is 7.88. The monoisotopic (exact) mass is 330 g/mol. The standard InChI is InChI=1S/C17H22N4O3/c1-21-14(8-15(20-21)24-2)19-16(23)18-13-9-17(10-13,11-22)12-6-4-3-5-7-12/h3-8,13,22H,9-11H2,1-2H3,(H2,18,19,23). The molecule has 128 valence electrons. The van der Waals surface area contributed by atoms with Gasteiger partial charge in [0.1, 0.15) is 5.82 Å². The molecule has 24 heavy (non-hydrogen) atoms. The fraction of sp³-hybridized carbons (Fsp3) is 0.412. The molecule has 1 aromatic heterocycles. The maximum atomic E-state index is 12.1. The zero-order valence-electron chi connectivity index (χ0n) is 13.8. The lowest BCUT2D eigenvalue weighted by Gasteiger charge is -2.47. The van der Waals surface area contributed by atoms with Crippen LogP contribution in [0.3, 0.4) is 0 Å². The van der Waals surface area contributed by atoms with Gasteiger partial charge < -0.3 is 15.2 Å². The summed E-state index contributed by atoms with van der Waals surface area (Å²) in [5, 5.41) is 19.6. The van der Waals surface area contributed by atoms with Crippen LogP contribution in [0.2, 0.25) is 0 Å². The lowest BCUT2D eigenvalue weighted by molar-refractivity contribution is 0.0902. The lowest BCUT2D eigenvalue weighted by Crippen LogP contribution is -2.55. The molecule has 7 heteroatoms. The molecule has 3 N–H and O–H groups in total. The minimum absolute atomic E-state index is 0.0347. The molecule has 1 saturated carbocycles. The summed E-state index contributed by atoms with van der Waals surface area (Å²) in [5.74, 6) is 1.000. The Balaban J connectivity index is 1.56. The van der Waals surface area contributed by atoms with Gasteiger partial charge in [0, 0.05) is 24.6 Å². The normalized spacial score (nSPS) is 22.5. The van der Waals surface area contributed by atoms with E-state index in [0.29, 0.717) is 11.7 Å². The first-order chi connectivity index (χ1) is 11.6. The summed E-state index contributed by atoms with van der Waals surface area (Å²) in [6.07, 6.45) is 1.44. The molecule has 1 aliphatic carbocycles. The fourth-order valence-corrected chi connectivity index (χ4v) is 3.23. The van der Waals surface area contributed by atoms with Crippen molar-refractivity contribution in [3.63, 3.8) is 0 Å². The summed E-state index contributed by atoms with van der Waals surface area (Å²) in [6.45, 7) is 0.0791. The van der Waals surface area contributed by atoms with Crippen molar-refractivity contribution in [3.05, 3.63) is 42.0 Å². The Morgan fingerprint density at radius 2 is 2.12 bits per heavy atom. The molecule has 0 atom stereocenters. The SMILES string of the molecule is COc1cc(NC(=O)NC2CC(CO)(c3ccccc3)C2)n(C)n1. The molecule has 3 rings (SSSR count). The van der Waals surface area contributed by atoms with Gasteiger partial charge in [-0.15, -0.1) is 5.10 Å². The number of hydrogen-bond acceptors (Lipinski definition) is 4. The van der Waals surface area contributed by atoms with E-state index in [-0.39, 0.29) is 24.1 Å². The van der Waals surface area contributed by atoms with Crippen LogP contribution in [-0.4, -0.2) is 40.7 Å². The number of carbonyl (C=O) groups excluding carboxylic acids is 1. The predicted octanol–water partition coefficient (Wildman–Crippen LogP) is 1.64. The molecule has 0 unspecified atom stereocenters. The van der Waals surface area contributed by atoms with Crippen LogP contribution in [-0.2, 0) is 12.5 Å². The summed E-state index contributed by atoms with van der Waals surface area (Å²) in [5.41, 5.74) is 0.858. The van der Waals surface area contributed by atoms with E-state index in [0.717, 1.165) is 18.4 Å². The van der Waals surface area contributed by atoms with E-state index in [2.05, 4.69) is 15.7 Å². The number of ether oxygens (including phenoxy) is 1. The Morgan fingerprint density at radius 3 is 2.71 bits per heavy atom. The molecular formula is C17H22N4O3. The van der Waals surface area contributed by atoms with Crippen molar-refractivity contribution in [1.29, 1.82) is 0 Å². The minimum Gasteiger partial charge on any atom is -0.480 e. The van der Waals surface area contributed by atoms with Gasteiger partial charge in [-0.25, -0.2) is 9.48 Å². The van der Waals surface area contributed by atoms with E-state index in [1.54, 1.807) is 17.8 Å². The zero-order valence-corrected chi connectivity index (χ0v) is 13.8. The Morgan fingerprint density at radius 1 is 1.42 bits per heavy atom. The molecule has 1 fully saturated rings. The Hall–Kier alpha value is -2.54. The molecule has 0 spiro atoms. The number of aryl methyl sites for hydroxylation is 1. The number of hydrogen-bond donors (Lipinski definition) is 3. The van der Waals surface area contributed by atoms with Crippen LogP contribution in [0.5, 0.6) is 5.88 Å². The third-order valence-corrected chi connectivity index (χ3v) is 4.61. The van der Waals surface area contributed by atoms with E-state index >= 15 is 0 Å². The summed E-state index contributed by atoms with van der Waals surface area (Å²) < 4.78 is 6.57. The van der Waals surface area contributed by atoms with Gasteiger partial charge in [0.25, 0.3) is 0 Å². The summed E-state index contributed by atoms with van der Waals surface area (Å²) in [4.78, 5) is 12.1. The molecule has 1 heterocycles. The largest absolute Gasteiger partial charge is 0.480 e. The average molecular weight is 330 g/mol. The van der Waals surface area contributed by atoms with Gasteiger partial charge in [0.2, 0.25) is 5.88 Å². The number of anilines is 1. The van der Waals surface area contributed by atoms with Crippen LogP contribution in [0.4, 0.5) is 10.6 Å². The number of nitrogens with zero attached hydrogens (tertiary/aromatic N) is 2. The molecule has 2 aromatic rings. The smallest absolute Gasteiger partial charge is 0.320 e. The Bertz CT molecular complexity index is 708. The molecule has 0 radical (unpaired) electrons. The van der Waals surface area contributed by atoms with Crippen LogP contribution in [0.1, 0.15) is 18.4 Å². The van der Waals surface area contributed by atoms with Crippen LogP contribution in [0.25, 0.3) is 0 Å². The van der Waals surface area contributed by atoms with Gasteiger partial charge in [-0.1, -0.05) is 30.3 Å². The number of aromatic nitrogens is 2. The van der Waals surface area contributed by atoms with Crippen LogP contribution >= 0.6 is 0 Å². The second-order valence-corrected chi connectivity index (χ2v) is 6.20. The van der Waals surface area contributed by atoms with Crippen molar-refractivity contribution in [1.82, 2.24) is 15.1 Å². The highest BCUT2D eigenvalue weighted by atomic mass is 16.5. The van der Waals surface area contributed by atoms with Crippen molar-refractivity contribution in [2.24, 2.45) is 7.05 Å². The van der Waals surface area contributed by atoms with E-state index < -0.39 is 0 Å². The van der Waals surface area contributed by atoms with Gasteiger partial charge >= 0.3 is 6.03 Å². The maximum Gasteiger partial charge on any atom is 0.320 e. The number of rotatable bonds is 5. The van der Waals surface area contributed by atoms with Crippen LogP contribution < -0.4 is 15.4 Å². The summed E-state index contributed by atoms with van der Waals surface area (Å²) in [7, 11) is 3.26. The second-order valence-electron chi connectivity index (χ2n) is 6.20. The van der Waals surface area contributed by atoms with Crippen molar-refractivity contribution in [2.75, 3.05) is 19.0 Å². The number of urea groups is 1. The fourth-order valence-electron chi connectivity index (χ4n) is 3.23. The highest BCUT2D eigenvalue weighted by Gasteiger charge is 2.45. The molecule has 2 amide bonds. The molecular weight excluding hydrogens is 308 g/mol. The van der Waals surface area contributed by atoms with Crippen molar-refractivity contribution < 1.29 is 14.6 Å². The number of nitrogens with one attached hydrogen (secondary N) is 2. The number of aliphatic hydroxyl groups is 1. The minimum atomic E-state index is -0.287. The van der Waals surface area contributed by atoms with Crippen molar-refractivity contribution in [3.8, 4) is 5.88 Å². The molecule has 0 saturated heterocycles. The Labute approximate surface area is 140 Å². The molecule has 0 bridgehead atoms. The summed E-state index contributed by atoms with van der Waals surface area (Å²) in [6, 6.07) is 11.3. The number of aliphatic hydroxyl groups excluding tert-OH is 1. The zero-order chi connectivity index (χ0) is 17.2. The van der Waals surface area contributed by atoms with Crippen molar-refractivity contribution in [2.45, 2.75) is 24.3 Å². The van der Waals surface area contributed by atoms with Gasteiger partial charge in [-0.05, 0) is 18.4 Å². The first-order valence-electron chi connectivity index (χ1n) is 7.88. The second kappa shape index (κ2) is 6.52. The van der Waals surface area contributed by atoms with Gasteiger partial charge in [-0.2, -0.15) is 0 Å². The topological polar surface area (TPSA) is 88.4 Å². The average Bonchev–Trinajstić information content (AvgIpc) is 2.91. The highest BCUT2D eigenvalue weighted by molar-refractivity contribution is 5.88.